The van der Waals surface area contributed by atoms with Crippen LogP contribution in [0.1, 0.15) is 53.6 Å². The molecule has 32 heavy (non-hydrogen) atoms. The van der Waals surface area contributed by atoms with Crippen LogP contribution in [0.5, 0.6) is 5.75 Å². The summed E-state index contributed by atoms with van der Waals surface area (Å²) in [6, 6.07) is 9.97. The van der Waals surface area contributed by atoms with E-state index >= 15 is 0 Å². The third-order valence-electron chi connectivity index (χ3n) is 6.63. The van der Waals surface area contributed by atoms with E-state index in [4.69, 9.17) is 9.47 Å². The van der Waals surface area contributed by atoms with E-state index < -0.39 is 0 Å². The van der Waals surface area contributed by atoms with Gasteiger partial charge in [-0.1, -0.05) is 24.6 Å². The van der Waals surface area contributed by atoms with Crippen LogP contribution in [0.2, 0.25) is 0 Å². The number of aryl methyl sites for hydroxylation is 1. The van der Waals surface area contributed by atoms with Crippen molar-refractivity contribution in [2.75, 3.05) is 33.4 Å². The van der Waals surface area contributed by atoms with Crippen LogP contribution in [0.15, 0.2) is 42.7 Å². The van der Waals surface area contributed by atoms with Gasteiger partial charge in [-0.2, -0.15) is 0 Å². The number of hydrogen-bond donors (Lipinski definition) is 0. The highest BCUT2D eigenvalue weighted by atomic mass is 16.5. The van der Waals surface area contributed by atoms with Crippen LogP contribution in [-0.4, -0.2) is 66.2 Å². The second-order valence-electron chi connectivity index (χ2n) is 8.97. The molecule has 1 aromatic carbocycles. The second kappa shape index (κ2) is 10.9. The molecular formula is C26H35N3O3. The molecule has 4 rings (SSSR count). The zero-order chi connectivity index (χ0) is 22.3. The molecular weight excluding hydrogens is 402 g/mol. The van der Waals surface area contributed by atoms with Crippen LogP contribution in [-0.2, 0) is 11.3 Å². The minimum atomic E-state index is 0.0642. The molecule has 2 aliphatic heterocycles. The summed E-state index contributed by atoms with van der Waals surface area (Å²) in [5, 5.41) is 0. The van der Waals surface area contributed by atoms with E-state index in [-0.39, 0.29) is 18.1 Å². The minimum Gasteiger partial charge on any atom is -0.491 e. The van der Waals surface area contributed by atoms with Crippen molar-refractivity contribution in [2.24, 2.45) is 0 Å². The number of hydrogen-bond acceptors (Lipinski definition) is 5. The van der Waals surface area contributed by atoms with Crippen molar-refractivity contribution >= 4 is 5.91 Å². The molecule has 0 unspecified atom stereocenters. The Bertz CT molecular complexity index is 903. The van der Waals surface area contributed by atoms with Crippen molar-refractivity contribution < 1.29 is 14.3 Å². The number of benzene rings is 1. The molecule has 1 aromatic heterocycles. The smallest absolute Gasteiger partial charge is 0.257 e. The predicted molar refractivity (Wildman–Crippen MR) is 125 cm³/mol. The van der Waals surface area contributed by atoms with Crippen molar-refractivity contribution in [1.82, 2.24) is 14.8 Å². The summed E-state index contributed by atoms with van der Waals surface area (Å²) in [7, 11) is 1.77. The first kappa shape index (κ1) is 22.7. The molecule has 0 aliphatic carbocycles. The van der Waals surface area contributed by atoms with Crippen molar-refractivity contribution in [3.05, 3.63) is 59.4 Å². The van der Waals surface area contributed by atoms with Crippen LogP contribution in [0, 0.1) is 6.92 Å². The number of ether oxygens (including phenoxy) is 2. The first-order chi connectivity index (χ1) is 15.7. The zero-order valence-corrected chi connectivity index (χ0v) is 19.3. The maximum atomic E-state index is 13.5. The highest BCUT2D eigenvalue weighted by Crippen LogP contribution is 2.29. The lowest BCUT2D eigenvalue weighted by atomic mass is 9.93. The van der Waals surface area contributed by atoms with Gasteiger partial charge in [0.05, 0.1) is 17.7 Å². The van der Waals surface area contributed by atoms with Gasteiger partial charge in [-0.25, -0.2) is 0 Å². The number of methoxy groups -OCH3 is 1. The third kappa shape index (κ3) is 5.48. The number of aromatic nitrogens is 1. The molecule has 1 saturated heterocycles. The Morgan fingerprint density at radius 2 is 1.97 bits per heavy atom. The molecule has 3 heterocycles. The van der Waals surface area contributed by atoms with Crippen LogP contribution < -0.4 is 4.74 Å². The van der Waals surface area contributed by atoms with Gasteiger partial charge in [-0.15, -0.1) is 0 Å². The molecule has 6 heteroatoms. The van der Waals surface area contributed by atoms with Crippen molar-refractivity contribution in [1.29, 1.82) is 0 Å². The van der Waals surface area contributed by atoms with Crippen LogP contribution in [0.3, 0.4) is 0 Å². The lowest BCUT2D eigenvalue weighted by Gasteiger charge is -2.41. The highest BCUT2D eigenvalue weighted by molar-refractivity contribution is 5.97. The van der Waals surface area contributed by atoms with E-state index in [1.807, 2.05) is 41.6 Å². The van der Waals surface area contributed by atoms with Gasteiger partial charge in [0.2, 0.25) is 0 Å². The van der Waals surface area contributed by atoms with Crippen LogP contribution in [0.4, 0.5) is 0 Å². The van der Waals surface area contributed by atoms with Gasteiger partial charge in [0.25, 0.3) is 5.91 Å². The fraction of sp³-hybridized carbons (Fsp3) is 0.538. The van der Waals surface area contributed by atoms with Gasteiger partial charge < -0.3 is 14.4 Å². The maximum absolute atomic E-state index is 13.5. The Morgan fingerprint density at radius 3 is 2.81 bits per heavy atom. The Labute approximate surface area is 191 Å². The fourth-order valence-corrected chi connectivity index (χ4v) is 5.02. The number of nitrogens with zero attached hydrogens (tertiary/aromatic N) is 3. The normalized spacial score (nSPS) is 23.2. The first-order valence-electron chi connectivity index (χ1n) is 11.8. The molecule has 6 nitrogen and oxygen atoms in total. The average Bonchev–Trinajstić information content (AvgIpc) is 2.82. The summed E-state index contributed by atoms with van der Waals surface area (Å²) in [4.78, 5) is 22.4. The van der Waals surface area contributed by atoms with Gasteiger partial charge in [0, 0.05) is 39.1 Å². The third-order valence-corrected chi connectivity index (χ3v) is 6.63. The predicted octanol–water partition coefficient (Wildman–Crippen LogP) is 4.07. The molecule has 2 aromatic rings. The first-order valence-corrected chi connectivity index (χ1v) is 11.8. The molecule has 1 amide bonds. The molecule has 0 bridgehead atoms. The summed E-state index contributed by atoms with van der Waals surface area (Å²) in [6.45, 7) is 6.07. The second-order valence-corrected chi connectivity index (χ2v) is 8.97. The lowest BCUT2D eigenvalue weighted by Crippen LogP contribution is -2.51. The quantitative estimate of drug-likeness (QED) is 0.724. The molecule has 0 radical (unpaired) electrons. The molecule has 0 saturated carbocycles. The van der Waals surface area contributed by atoms with Crippen LogP contribution >= 0.6 is 0 Å². The largest absolute Gasteiger partial charge is 0.491 e. The van der Waals surface area contributed by atoms with E-state index in [1.54, 1.807) is 7.11 Å². The van der Waals surface area contributed by atoms with Crippen LogP contribution in [0.25, 0.3) is 0 Å². The van der Waals surface area contributed by atoms with Gasteiger partial charge in [-0.05, 0) is 62.4 Å². The monoisotopic (exact) mass is 437 g/mol. The van der Waals surface area contributed by atoms with E-state index in [0.717, 1.165) is 58.3 Å². The molecule has 172 valence electrons. The molecule has 0 N–H and O–H groups in total. The van der Waals surface area contributed by atoms with Gasteiger partial charge >= 0.3 is 0 Å². The molecule has 1 fully saturated rings. The van der Waals surface area contributed by atoms with Crippen molar-refractivity contribution in [3.63, 3.8) is 0 Å². The summed E-state index contributed by atoms with van der Waals surface area (Å²) in [6.07, 6.45) is 9.04. The number of rotatable bonds is 3. The van der Waals surface area contributed by atoms with Gasteiger partial charge in [0.1, 0.15) is 12.4 Å². The summed E-state index contributed by atoms with van der Waals surface area (Å²) in [5.41, 5.74) is 3.06. The molecule has 2 aliphatic rings. The Kier molecular flexibility index (Phi) is 7.76. The van der Waals surface area contributed by atoms with Crippen molar-refractivity contribution in [3.8, 4) is 5.75 Å². The summed E-state index contributed by atoms with van der Waals surface area (Å²) >= 11 is 0. The van der Waals surface area contributed by atoms with Gasteiger partial charge in [-0.3, -0.25) is 14.7 Å². The number of pyridine rings is 1. The number of piperidine rings is 1. The van der Waals surface area contributed by atoms with E-state index in [0.29, 0.717) is 17.9 Å². The number of carbonyl (C=O) groups excluding carboxylic acids is 1. The number of amides is 1. The van der Waals surface area contributed by atoms with Crippen molar-refractivity contribution in [2.45, 2.75) is 57.7 Å². The van der Waals surface area contributed by atoms with E-state index in [1.165, 1.54) is 11.1 Å². The standard InChI is InChI=1S/C26H35N3O3/c1-20-16-21(18-27-17-20)19-28-12-6-5-9-23-25(31-2)11-7-13-29(23)26(30)22-8-3-4-10-24(22)32-15-14-28/h3-4,8,10,16-18,23,25H,5-7,9,11-15,19H2,1-2H3/t23-,25-/m1/s1. The lowest BCUT2D eigenvalue weighted by molar-refractivity contribution is -0.0155. The number of fused-ring (bicyclic) bond motifs is 2. The number of para-hydroxylation sites is 1. The summed E-state index contributed by atoms with van der Waals surface area (Å²) in [5.74, 6) is 0.737. The molecule has 0 spiro atoms. The molecule has 2 atom stereocenters. The highest BCUT2D eigenvalue weighted by Gasteiger charge is 2.35. The SMILES string of the molecule is CO[C@@H]1CCCN2C(=O)c3ccccc3OCCN(Cc3cncc(C)c3)CCCC[C@H]12. The Hall–Kier alpha value is -2.44. The average molecular weight is 438 g/mol. The Balaban J connectivity index is 1.56. The van der Waals surface area contributed by atoms with Gasteiger partial charge in [0.15, 0.2) is 0 Å². The minimum absolute atomic E-state index is 0.0642. The number of carbonyl (C=O) groups is 1. The van der Waals surface area contributed by atoms with E-state index in [2.05, 4.69) is 22.9 Å². The maximum Gasteiger partial charge on any atom is 0.257 e. The summed E-state index contributed by atoms with van der Waals surface area (Å²) < 4.78 is 12.0. The van der Waals surface area contributed by atoms with E-state index in [9.17, 15) is 4.79 Å². The topological polar surface area (TPSA) is 54.9 Å². The fourth-order valence-electron chi connectivity index (χ4n) is 5.02. The zero-order valence-electron chi connectivity index (χ0n) is 19.3. The Morgan fingerprint density at radius 1 is 1.09 bits per heavy atom.